The lowest BCUT2D eigenvalue weighted by molar-refractivity contribution is 0.265. The van der Waals surface area contributed by atoms with Crippen LogP contribution < -0.4 is 10.6 Å². The van der Waals surface area contributed by atoms with Gasteiger partial charge >= 0.3 is 0 Å². The Kier molecular flexibility index (Phi) is 7.41. The first-order valence-corrected chi connectivity index (χ1v) is 9.43. The van der Waals surface area contributed by atoms with E-state index >= 15 is 0 Å². The molecule has 0 saturated carbocycles. The molecule has 0 aliphatic carbocycles. The topological polar surface area (TPSA) is 42.9 Å². The van der Waals surface area contributed by atoms with Gasteiger partial charge in [0, 0.05) is 50.9 Å². The number of hydrogen-bond acceptors (Lipinski definition) is 3. The highest BCUT2D eigenvalue weighted by Gasteiger charge is 2.31. The molecule has 0 spiro atoms. The molecule has 2 atom stereocenters. The van der Waals surface area contributed by atoms with Crippen LogP contribution >= 0.6 is 0 Å². The third kappa shape index (κ3) is 5.68. The molecular weight excluding hydrogens is 329 g/mol. The molecule has 0 aromatic heterocycles. The zero-order valence-electron chi connectivity index (χ0n) is 17.0. The molecule has 1 aliphatic rings. The Hall–Kier alpha value is -1.66. The van der Waals surface area contributed by atoms with E-state index < -0.39 is 0 Å². The van der Waals surface area contributed by atoms with Crippen molar-refractivity contribution in [3.05, 3.63) is 35.1 Å². The minimum atomic E-state index is -0.154. The second-order valence-electron chi connectivity index (χ2n) is 7.87. The van der Waals surface area contributed by atoms with E-state index in [9.17, 15) is 4.39 Å². The predicted molar refractivity (Wildman–Crippen MR) is 107 cm³/mol. The number of guanidine groups is 1. The summed E-state index contributed by atoms with van der Waals surface area (Å²) in [5.41, 5.74) is 1.77. The van der Waals surface area contributed by atoms with Gasteiger partial charge in [-0.15, -0.1) is 0 Å². The zero-order chi connectivity index (χ0) is 19.3. The van der Waals surface area contributed by atoms with Gasteiger partial charge in [-0.2, -0.15) is 0 Å². The van der Waals surface area contributed by atoms with Crippen molar-refractivity contribution in [2.75, 3.05) is 34.2 Å². The Morgan fingerprint density at radius 1 is 1.35 bits per heavy atom. The van der Waals surface area contributed by atoms with Crippen molar-refractivity contribution in [1.29, 1.82) is 0 Å². The molecule has 1 aromatic carbocycles. The fourth-order valence-electron chi connectivity index (χ4n) is 3.37. The summed E-state index contributed by atoms with van der Waals surface area (Å²) in [6.45, 7) is 10.1. The summed E-state index contributed by atoms with van der Waals surface area (Å²) >= 11 is 0. The molecule has 1 aliphatic heterocycles. The highest BCUT2D eigenvalue weighted by Crippen LogP contribution is 2.18. The fraction of sp³-hybridized carbons (Fsp3) is 0.650. The molecule has 1 heterocycles. The molecule has 0 bridgehead atoms. The van der Waals surface area contributed by atoms with Crippen molar-refractivity contribution in [3.63, 3.8) is 0 Å². The standard InChI is InChI=1S/C20H34FN5/c1-14(2)26-11-15(3)19(13-26)24-20(22-4)23-10-16-7-8-18(21)17(9-16)12-25(5)6/h7-9,14-15,19H,10-13H2,1-6H3,(H2,22,23,24). The molecule has 2 rings (SSSR count). The molecule has 6 heteroatoms. The van der Waals surface area contributed by atoms with Crippen molar-refractivity contribution in [1.82, 2.24) is 20.4 Å². The number of aliphatic imine (C=N–C) groups is 1. The normalized spacial score (nSPS) is 21.7. The number of halogens is 1. The summed E-state index contributed by atoms with van der Waals surface area (Å²) in [6.07, 6.45) is 0. The molecule has 0 radical (unpaired) electrons. The lowest BCUT2D eigenvalue weighted by Gasteiger charge is -2.22. The Morgan fingerprint density at radius 2 is 2.08 bits per heavy atom. The van der Waals surface area contributed by atoms with Crippen LogP contribution in [-0.2, 0) is 13.1 Å². The molecular formula is C20H34FN5. The van der Waals surface area contributed by atoms with Gasteiger partial charge in [0.25, 0.3) is 0 Å². The van der Waals surface area contributed by atoms with E-state index in [2.05, 4.69) is 41.3 Å². The smallest absolute Gasteiger partial charge is 0.191 e. The van der Waals surface area contributed by atoms with E-state index in [0.717, 1.165) is 24.6 Å². The average Bonchev–Trinajstić information content (AvgIpc) is 2.94. The summed E-state index contributed by atoms with van der Waals surface area (Å²) in [6, 6.07) is 6.25. The van der Waals surface area contributed by atoms with Crippen LogP contribution in [0.15, 0.2) is 23.2 Å². The zero-order valence-corrected chi connectivity index (χ0v) is 17.0. The average molecular weight is 364 g/mol. The molecule has 0 amide bonds. The van der Waals surface area contributed by atoms with Crippen LogP contribution in [0.25, 0.3) is 0 Å². The number of nitrogens with one attached hydrogen (secondary N) is 2. The Balaban J connectivity index is 1.93. The van der Waals surface area contributed by atoms with Gasteiger partial charge in [0.05, 0.1) is 0 Å². The molecule has 146 valence electrons. The quantitative estimate of drug-likeness (QED) is 0.601. The summed E-state index contributed by atoms with van der Waals surface area (Å²) in [4.78, 5) is 8.81. The molecule has 5 nitrogen and oxygen atoms in total. The van der Waals surface area contributed by atoms with Gasteiger partial charge in [0.2, 0.25) is 0 Å². The number of rotatable bonds is 6. The van der Waals surface area contributed by atoms with Crippen molar-refractivity contribution >= 4 is 5.96 Å². The first-order valence-electron chi connectivity index (χ1n) is 9.43. The second kappa shape index (κ2) is 9.33. The van der Waals surface area contributed by atoms with E-state index in [4.69, 9.17) is 0 Å². The minimum Gasteiger partial charge on any atom is -0.352 e. The van der Waals surface area contributed by atoms with Crippen molar-refractivity contribution < 1.29 is 4.39 Å². The summed E-state index contributed by atoms with van der Waals surface area (Å²) < 4.78 is 13.9. The third-order valence-electron chi connectivity index (χ3n) is 4.97. The maximum absolute atomic E-state index is 13.9. The van der Waals surface area contributed by atoms with Crippen LogP contribution in [0.4, 0.5) is 4.39 Å². The highest BCUT2D eigenvalue weighted by molar-refractivity contribution is 5.80. The van der Waals surface area contributed by atoms with E-state index in [1.807, 2.05) is 31.1 Å². The summed E-state index contributed by atoms with van der Waals surface area (Å²) in [7, 11) is 5.68. The van der Waals surface area contributed by atoms with Gasteiger partial charge in [0.15, 0.2) is 5.96 Å². The number of hydrogen-bond donors (Lipinski definition) is 2. The maximum Gasteiger partial charge on any atom is 0.191 e. The van der Waals surface area contributed by atoms with E-state index in [-0.39, 0.29) is 5.82 Å². The highest BCUT2D eigenvalue weighted by atomic mass is 19.1. The van der Waals surface area contributed by atoms with Crippen molar-refractivity contribution in [2.45, 2.75) is 45.9 Å². The molecule has 1 aromatic rings. The van der Waals surface area contributed by atoms with Gasteiger partial charge in [-0.3, -0.25) is 9.89 Å². The summed E-state index contributed by atoms with van der Waals surface area (Å²) in [5.74, 6) is 1.22. The monoisotopic (exact) mass is 363 g/mol. The molecule has 1 fully saturated rings. The van der Waals surface area contributed by atoms with Crippen LogP contribution in [0, 0.1) is 11.7 Å². The minimum absolute atomic E-state index is 0.154. The van der Waals surface area contributed by atoms with Gasteiger partial charge in [-0.25, -0.2) is 4.39 Å². The largest absolute Gasteiger partial charge is 0.352 e. The number of likely N-dealkylation sites (tertiary alicyclic amines) is 1. The van der Waals surface area contributed by atoms with E-state index in [0.29, 0.717) is 36.7 Å². The first-order chi connectivity index (χ1) is 12.3. The third-order valence-corrected chi connectivity index (χ3v) is 4.97. The van der Waals surface area contributed by atoms with Crippen molar-refractivity contribution in [3.8, 4) is 0 Å². The van der Waals surface area contributed by atoms with Gasteiger partial charge in [-0.05, 0) is 51.6 Å². The number of benzene rings is 1. The molecule has 2 N–H and O–H groups in total. The van der Waals surface area contributed by atoms with Gasteiger partial charge in [0.1, 0.15) is 5.82 Å². The fourth-order valence-corrected chi connectivity index (χ4v) is 3.37. The molecule has 1 saturated heterocycles. The Morgan fingerprint density at radius 3 is 2.65 bits per heavy atom. The van der Waals surface area contributed by atoms with Crippen LogP contribution in [0.1, 0.15) is 31.9 Å². The predicted octanol–water partition coefficient (Wildman–Crippen LogP) is 2.28. The van der Waals surface area contributed by atoms with Crippen LogP contribution in [0.2, 0.25) is 0 Å². The summed E-state index contributed by atoms with van der Waals surface area (Å²) in [5, 5.41) is 6.91. The van der Waals surface area contributed by atoms with Crippen LogP contribution in [-0.4, -0.2) is 62.1 Å². The van der Waals surface area contributed by atoms with Gasteiger partial charge < -0.3 is 15.5 Å². The van der Waals surface area contributed by atoms with Crippen LogP contribution in [0.5, 0.6) is 0 Å². The van der Waals surface area contributed by atoms with E-state index in [1.54, 1.807) is 13.1 Å². The van der Waals surface area contributed by atoms with Crippen LogP contribution in [0.3, 0.4) is 0 Å². The SMILES string of the molecule is CN=C(NCc1ccc(F)c(CN(C)C)c1)NC1CN(C(C)C)CC1C. The molecule has 26 heavy (non-hydrogen) atoms. The maximum atomic E-state index is 13.9. The number of nitrogens with zero attached hydrogens (tertiary/aromatic N) is 3. The Labute approximate surface area is 157 Å². The lowest BCUT2D eigenvalue weighted by Crippen LogP contribution is -2.46. The van der Waals surface area contributed by atoms with E-state index in [1.165, 1.54) is 0 Å². The molecule has 2 unspecified atom stereocenters. The van der Waals surface area contributed by atoms with Crippen molar-refractivity contribution in [2.24, 2.45) is 10.9 Å². The van der Waals surface area contributed by atoms with Gasteiger partial charge in [-0.1, -0.05) is 13.0 Å². The lowest BCUT2D eigenvalue weighted by atomic mass is 10.1. The second-order valence-corrected chi connectivity index (χ2v) is 7.87. The Bertz CT molecular complexity index is 614. The first kappa shape index (κ1) is 20.6.